The van der Waals surface area contributed by atoms with E-state index in [9.17, 15) is 10.2 Å². The van der Waals surface area contributed by atoms with Crippen molar-refractivity contribution >= 4 is 16.9 Å². The summed E-state index contributed by atoms with van der Waals surface area (Å²) < 4.78 is 7.01. The summed E-state index contributed by atoms with van der Waals surface area (Å²) in [6.07, 6.45) is -0.952. The summed E-state index contributed by atoms with van der Waals surface area (Å²) in [5.41, 5.74) is 6.85. The zero-order valence-electron chi connectivity index (χ0n) is 9.92. The van der Waals surface area contributed by atoms with Crippen molar-refractivity contribution in [1.82, 2.24) is 14.5 Å². The molecule has 0 radical (unpaired) electrons. The standard InChI is InChI=1S/C11H14N4O4/c12-10-7-5(1-2-13-10)15(4-14-7)11-9(18)8(17)6(3-16)19-11/h1-2,4,6,8-9,11,16-18H,3H2,(H2,12,13). The highest BCUT2D eigenvalue weighted by Crippen LogP contribution is 2.32. The molecule has 102 valence electrons. The van der Waals surface area contributed by atoms with Crippen molar-refractivity contribution in [2.24, 2.45) is 0 Å². The average molecular weight is 266 g/mol. The Balaban J connectivity index is 2.04. The minimum atomic E-state index is -1.15. The van der Waals surface area contributed by atoms with Crippen LogP contribution in [0.5, 0.6) is 0 Å². The second-order valence-corrected chi connectivity index (χ2v) is 4.44. The molecule has 2 aromatic rings. The van der Waals surface area contributed by atoms with Crippen molar-refractivity contribution in [2.45, 2.75) is 24.5 Å². The first-order valence-corrected chi connectivity index (χ1v) is 5.83. The largest absolute Gasteiger partial charge is 0.394 e. The minimum Gasteiger partial charge on any atom is -0.394 e. The van der Waals surface area contributed by atoms with Gasteiger partial charge in [0.25, 0.3) is 0 Å². The Morgan fingerprint density at radius 3 is 2.79 bits per heavy atom. The molecule has 8 heteroatoms. The summed E-state index contributed by atoms with van der Waals surface area (Å²) in [4.78, 5) is 8.03. The minimum absolute atomic E-state index is 0.281. The van der Waals surface area contributed by atoms with E-state index in [0.717, 1.165) is 0 Å². The van der Waals surface area contributed by atoms with Crippen LogP contribution in [0.15, 0.2) is 18.6 Å². The Hall–Kier alpha value is -1.74. The number of fused-ring (bicyclic) bond motifs is 1. The van der Waals surface area contributed by atoms with Crippen molar-refractivity contribution < 1.29 is 20.1 Å². The Morgan fingerprint density at radius 1 is 1.32 bits per heavy atom. The van der Waals surface area contributed by atoms with Gasteiger partial charge >= 0.3 is 0 Å². The Kier molecular flexibility index (Phi) is 2.86. The van der Waals surface area contributed by atoms with E-state index in [-0.39, 0.29) is 12.4 Å². The molecule has 0 spiro atoms. The van der Waals surface area contributed by atoms with Crippen LogP contribution in [-0.2, 0) is 4.74 Å². The molecule has 0 aromatic carbocycles. The van der Waals surface area contributed by atoms with Gasteiger partial charge in [-0.15, -0.1) is 0 Å². The van der Waals surface area contributed by atoms with Crippen molar-refractivity contribution in [3.63, 3.8) is 0 Å². The zero-order valence-corrected chi connectivity index (χ0v) is 9.92. The van der Waals surface area contributed by atoms with Gasteiger partial charge in [-0.3, -0.25) is 0 Å². The van der Waals surface area contributed by atoms with Crippen molar-refractivity contribution in [1.29, 1.82) is 0 Å². The summed E-state index contributed by atoms with van der Waals surface area (Å²) in [5, 5.41) is 28.8. The third kappa shape index (κ3) is 1.77. The van der Waals surface area contributed by atoms with Gasteiger partial charge in [0.15, 0.2) is 12.0 Å². The van der Waals surface area contributed by atoms with Gasteiger partial charge in [0, 0.05) is 6.20 Å². The highest BCUT2D eigenvalue weighted by atomic mass is 16.6. The quantitative estimate of drug-likeness (QED) is 0.528. The second-order valence-electron chi connectivity index (χ2n) is 4.44. The summed E-state index contributed by atoms with van der Waals surface area (Å²) in [7, 11) is 0. The molecule has 0 bridgehead atoms. The number of rotatable bonds is 2. The van der Waals surface area contributed by atoms with Crippen molar-refractivity contribution in [3.05, 3.63) is 18.6 Å². The number of nitrogens with zero attached hydrogens (tertiary/aromatic N) is 3. The summed E-state index contributed by atoms with van der Waals surface area (Å²) in [5.74, 6) is 0.281. The molecule has 0 saturated carbocycles. The smallest absolute Gasteiger partial charge is 0.164 e. The molecule has 3 rings (SSSR count). The van der Waals surface area contributed by atoms with Crippen molar-refractivity contribution in [2.75, 3.05) is 12.3 Å². The molecule has 4 unspecified atom stereocenters. The van der Waals surface area contributed by atoms with E-state index in [1.807, 2.05) is 0 Å². The molecule has 0 amide bonds. The maximum absolute atomic E-state index is 9.98. The number of hydrogen-bond acceptors (Lipinski definition) is 7. The number of imidazole rings is 1. The molecule has 5 N–H and O–H groups in total. The molecule has 1 saturated heterocycles. The number of aliphatic hydroxyl groups is 3. The molecule has 4 atom stereocenters. The summed E-state index contributed by atoms with van der Waals surface area (Å²) in [6.45, 7) is -0.370. The average Bonchev–Trinajstić information content (AvgIpc) is 2.94. The fourth-order valence-corrected chi connectivity index (χ4v) is 2.29. The third-order valence-electron chi connectivity index (χ3n) is 3.31. The Morgan fingerprint density at radius 2 is 2.11 bits per heavy atom. The van der Waals surface area contributed by atoms with Gasteiger partial charge in [-0.1, -0.05) is 0 Å². The predicted molar refractivity (Wildman–Crippen MR) is 64.9 cm³/mol. The number of ether oxygens (including phenoxy) is 1. The van der Waals surface area contributed by atoms with Gasteiger partial charge in [-0.2, -0.15) is 0 Å². The molecular weight excluding hydrogens is 252 g/mol. The van der Waals surface area contributed by atoms with Crippen molar-refractivity contribution in [3.8, 4) is 0 Å². The first-order valence-electron chi connectivity index (χ1n) is 5.83. The van der Waals surface area contributed by atoms with Crippen LogP contribution in [0.3, 0.4) is 0 Å². The zero-order chi connectivity index (χ0) is 13.6. The van der Waals surface area contributed by atoms with E-state index in [1.165, 1.54) is 12.5 Å². The van der Waals surface area contributed by atoms with E-state index >= 15 is 0 Å². The fraction of sp³-hybridized carbons (Fsp3) is 0.455. The normalized spacial score (nSPS) is 31.1. The first kappa shape index (κ1) is 12.3. The molecular formula is C11H14N4O4. The van der Waals surface area contributed by atoms with Crippen LogP contribution in [-0.4, -0.2) is 54.8 Å². The third-order valence-corrected chi connectivity index (χ3v) is 3.31. The number of aromatic nitrogens is 3. The molecule has 0 aliphatic carbocycles. The number of anilines is 1. The van der Waals surface area contributed by atoms with E-state index in [2.05, 4.69) is 9.97 Å². The number of hydrogen-bond donors (Lipinski definition) is 4. The van der Waals surface area contributed by atoms with Gasteiger partial charge in [0.2, 0.25) is 0 Å². The lowest BCUT2D eigenvalue weighted by Gasteiger charge is -2.16. The van der Waals surface area contributed by atoms with Crippen LogP contribution >= 0.6 is 0 Å². The molecule has 2 aromatic heterocycles. The molecule has 8 nitrogen and oxygen atoms in total. The highest BCUT2D eigenvalue weighted by molar-refractivity contribution is 5.84. The maximum Gasteiger partial charge on any atom is 0.164 e. The lowest BCUT2D eigenvalue weighted by atomic mass is 10.1. The molecule has 1 aliphatic heterocycles. The Labute approximate surface area is 108 Å². The lowest BCUT2D eigenvalue weighted by Crippen LogP contribution is -2.33. The van der Waals surface area contributed by atoms with Crippen LogP contribution in [0.25, 0.3) is 11.0 Å². The van der Waals surface area contributed by atoms with Crippen LogP contribution in [0.1, 0.15) is 6.23 Å². The van der Waals surface area contributed by atoms with Crippen LogP contribution in [0.4, 0.5) is 5.82 Å². The van der Waals surface area contributed by atoms with Gasteiger partial charge in [-0.05, 0) is 6.07 Å². The van der Waals surface area contributed by atoms with Crippen LogP contribution in [0, 0.1) is 0 Å². The van der Waals surface area contributed by atoms with Gasteiger partial charge < -0.3 is 30.4 Å². The molecule has 19 heavy (non-hydrogen) atoms. The monoisotopic (exact) mass is 266 g/mol. The summed E-state index contributed by atoms with van der Waals surface area (Å²) >= 11 is 0. The van der Waals surface area contributed by atoms with Crippen LogP contribution < -0.4 is 5.73 Å². The SMILES string of the molecule is Nc1nccc2c1ncn2C1OC(CO)C(O)C1O. The fourth-order valence-electron chi connectivity index (χ4n) is 2.29. The predicted octanol–water partition coefficient (Wildman–Crippen LogP) is -1.38. The molecule has 1 fully saturated rings. The highest BCUT2D eigenvalue weighted by Gasteiger charge is 2.43. The Bertz CT molecular complexity index is 601. The topological polar surface area (TPSA) is 127 Å². The van der Waals surface area contributed by atoms with Gasteiger partial charge in [-0.25, -0.2) is 9.97 Å². The van der Waals surface area contributed by atoms with E-state index < -0.39 is 24.5 Å². The number of nitrogens with two attached hydrogens (primary N) is 1. The molecule has 1 aliphatic rings. The van der Waals surface area contributed by atoms with E-state index in [0.29, 0.717) is 11.0 Å². The lowest BCUT2D eigenvalue weighted by molar-refractivity contribution is -0.0508. The number of nitrogen functional groups attached to an aromatic ring is 1. The second kappa shape index (κ2) is 4.42. The van der Waals surface area contributed by atoms with E-state index in [1.54, 1.807) is 10.6 Å². The maximum atomic E-state index is 9.98. The number of pyridine rings is 1. The van der Waals surface area contributed by atoms with Crippen LogP contribution in [0.2, 0.25) is 0 Å². The van der Waals surface area contributed by atoms with E-state index in [4.69, 9.17) is 15.6 Å². The van der Waals surface area contributed by atoms with Gasteiger partial charge in [0.1, 0.15) is 23.8 Å². The number of aliphatic hydroxyl groups excluding tert-OH is 3. The van der Waals surface area contributed by atoms with Gasteiger partial charge in [0.05, 0.1) is 18.5 Å². The first-order chi connectivity index (χ1) is 9.13. The molecule has 3 heterocycles. The summed E-state index contributed by atoms with van der Waals surface area (Å²) in [6, 6.07) is 1.69.